The van der Waals surface area contributed by atoms with Crippen LogP contribution in [0, 0.1) is 6.92 Å². The lowest BCUT2D eigenvalue weighted by atomic mass is 9.99. The molecule has 0 bridgehead atoms. The number of urea groups is 1. The fourth-order valence-corrected chi connectivity index (χ4v) is 3.95. The zero-order valence-corrected chi connectivity index (χ0v) is 16.1. The lowest BCUT2D eigenvalue weighted by Gasteiger charge is -2.31. The average Bonchev–Trinajstić information content (AvgIpc) is 3.02. The molecule has 27 heavy (non-hydrogen) atoms. The number of halogens is 1. The van der Waals surface area contributed by atoms with Crippen molar-refractivity contribution in [2.45, 2.75) is 19.8 Å². The molecule has 1 fully saturated rings. The summed E-state index contributed by atoms with van der Waals surface area (Å²) in [6.07, 6.45) is 1.95. The molecule has 140 valence electrons. The van der Waals surface area contributed by atoms with Gasteiger partial charge in [0.05, 0.1) is 0 Å². The number of nitrogens with zero attached hydrogens (tertiary/aromatic N) is 3. The van der Waals surface area contributed by atoms with Crippen LogP contribution in [-0.2, 0) is 11.2 Å². The van der Waals surface area contributed by atoms with E-state index in [1.54, 1.807) is 21.9 Å². The second-order valence-corrected chi connectivity index (χ2v) is 7.55. The first-order valence-corrected chi connectivity index (χ1v) is 9.62. The lowest BCUT2D eigenvalue weighted by molar-refractivity contribution is -0.119. The van der Waals surface area contributed by atoms with E-state index in [4.69, 9.17) is 11.6 Å². The number of carbonyl (C=O) groups excluding carboxylic acids is 2. The minimum absolute atomic E-state index is 0.0221. The largest absolute Gasteiger partial charge is 0.325 e. The van der Waals surface area contributed by atoms with Gasteiger partial charge in [-0.3, -0.25) is 9.69 Å². The molecule has 0 aliphatic carbocycles. The Bertz CT molecular complexity index is 881. The van der Waals surface area contributed by atoms with E-state index in [1.165, 1.54) is 11.1 Å². The maximum absolute atomic E-state index is 12.9. The number of carbonyl (C=O) groups is 2. The van der Waals surface area contributed by atoms with Crippen LogP contribution in [-0.4, -0.2) is 43.0 Å². The number of rotatable bonds is 3. The van der Waals surface area contributed by atoms with E-state index in [1.807, 2.05) is 29.2 Å². The van der Waals surface area contributed by atoms with E-state index in [0.717, 1.165) is 24.2 Å². The summed E-state index contributed by atoms with van der Waals surface area (Å²) in [6, 6.07) is 13.3. The molecule has 0 spiro atoms. The first kappa shape index (κ1) is 17.9. The van der Waals surface area contributed by atoms with Crippen LogP contribution in [0.1, 0.15) is 17.5 Å². The summed E-state index contributed by atoms with van der Waals surface area (Å²) >= 11 is 5.93. The number of benzene rings is 2. The Kier molecular flexibility index (Phi) is 4.79. The predicted octanol–water partition coefficient (Wildman–Crippen LogP) is 3.87. The van der Waals surface area contributed by atoms with Crippen molar-refractivity contribution >= 4 is 34.9 Å². The zero-order chi connectivity index (χ0) is 19.0. The molecule has 5 nitrogen and oxygen atoms in total. The van der Waals surface area contributed by atoms with E-state index >= 15 is 0 Å². The van der Waals surface area contributed by atoms with Crippen molar-refractivity contribution in [3.8, 4) is 0 Å². The molecule has 0 aromatic heterocycles. The Morgan fingerprint density at radius 2 is 1.85 bits per heavy atom. The molecule has 0 unspecified atom stereocenters. The maximum atomic E-state index is 12.9. The van der Waals surface area contributed by atoms with Gasteiger partial charge in [0, 0.05) is 36.0 Å². The topological polar surface area (TPSA) is 43.9 Å². The third kappa shape index (κ3) is 3.52. The smallest absolute Gasteiger partial charge is 0.313 e. The summed E-state index contributed by atoms with van der Waals surface area (Å²) in [5.41, 5.74) is 4.21. The molecule has 2 aliphatic heterocycles. The molecule has 2 aromatic carbocycles. The van der Waals surface area contributed by atoms with Gasteiger partial charge in [-0.1, -0.05) is 29.3 Å². The molecule has 2 heterocycles. The van der Waals surface area contributed by atoms with Gasteiger partial charge >= 0.3 is 6.03 Å². The summed E-state index contributed by atoms with van der Waals surface area (Å²) in [6.45, 7) is 3.99. The van der Waals surface area contributed by atoms with E-state index in [0.29, 0.717) is 24.7 Å². The fourth-order valence-electron chi connectivity index (χ4n) is 3.82. The van der Waals surface area contributed by atoms with Crippen LogP contribution < -0.4 is 9.80 Å². The van der Waals surface area contributed by atoms with Gasteiger partial charge in [0.1, 0.15) is 6.54 Å². The van der Waals surface area contributed by atoms with E-state index < -0.39 is 0 Å². The van der Waals surface area contributed by atoms with E-state index in [2.05, 4.69) is 13.0 Å². The third-order valence-electron chi connectivity index (χ3n) is 5.21. The molecule has 0 saturated carbocycles. The Morgan fingerprint density at radius 3 is 2.63 bits per heavy atom. The van der Waals surface area contributed by atoms with Crippen LogP contribution in [0.3, 0.4) is 0 Å². The molecule has 1 saturated heterocycles. The number of fused-ring (bicyclic) bond motifs is 1. The van der Waals surface area contributed by atoms with Crippen LogP contribution in [0.15, 0.2) is 42.5 Å². The van der Waals surface area contributed by atoms with Crippen molar-refractivity contribution in [3.63, 3.8) is 0 Å². The zero-order valence-electron chi connectivity index (χ0n) is 15.3. The Labute approximate surface area is 164 Å². The Balaban J connectivity index is 1.47. The molecule has 6 heteroatoms. The first-order chi connectivity index (χ1) is 13.0. The average molecular weight is 384 g/mol. The highest BCUT2D eigenvalue weighted by Gasteiger charge is 2.33. The molecular formula is C21H22ClN3O2. The highest BCUT2D eigenvalue weighted by molar-refractivity contribution is 6.30. The molecule has 0 N–H and O–H groups in total. The molecular weight excluding hydrogens is 362 g/mol. The Morgan fingerprint density at radius 1 is 1.07 bits per heavy atom. The number of aryl methyl sites for hydroxylation is 2. The van der Waals surface area contributed by atoms with Crippen LogP contribution in [0.25, 0.3) is 0 Å². The third-order valence-corrected chi connectivity index (χ3v) is 5.47. The quantitative estimate of drug-likeness (QED) is 0.807. The lowest BCUT2D eigenvalue weighted by Crippen LogP contribution is -2.44. The molecule has 4 rings (SSSR count). The Hall–Kier alpha value is -2.53. The van der Waals surface area contributed by atoms with E-state index in [-0.39, 0.29) is 18.5 Å². The van der Waals surface area contributed by atoms with Crippen LogP contribution in [0.2, 0.25) is 5.02 Å². The summed E-state index contributed by atoms with van der Waals surface area (Å²) in [5, 5.41) is 0.636. The maximum Gasteiger partial charge on any atom is 0.325 e. The number of anilines is 2. The summed E-state index contributed by atoms with van der Waals surface area (Å²) in [7, 11) is 0. The highest BCUT2D eigenvalue weighted by atomic mass is 35.5. The van der Waals surface area contributed by atoms with Crippen LogP contribution in [0.5, 0.6) is 0 Å². The molecule has 0 atom stereocenters. The fraction of sp³-hybridized carbons (Fsp3) is 0.333. The van der Waals surface area contributed by atoms with Gasteiger partial charge < -0.3 is 9.80 Å². The van der Waals surface area contributed by atoms with Gasteiger partial charge in [0.25, 0.3) is 0 Å². The van der Waals surface area contributed by atoms with E-state index in [9.17, 15) is 9.59 Å². The van der Waals surface area contributed by atoms with Gasteiger partial charge in [-0.2, -0.15) is 0 Å². The van der Waals surface area contributed by atoms with Crippen LogP contribution in [0.4, 0.5) is 16.2 Å². The van der Waals surface area contributed by atoms with Crippen molar-refractivity contribution in [1.29, 1.82) is 0 Å². The summed E-state index contributed by atoms with van der Waals surface area (Å²) in [5.74, 6) is -0.0221. The van der Waals surface area contributed by atoms with Gasteiger partial charge in [-0.05, 0) is 55.7 Å². The van der Waals surface area contributed by atoms with Gasteiger partial charge in [-0.25, -0.2) is 4.79 Å². The second kappa shape index (κ2) is 7.24. The van der Waals surface area contributed by atoms with Gasteiger partial charge in [0.15, 0.2) is 0 Å². The normalized spacial score (nSPS) is 16.7. The standard InChI is InChI=1S/C21H22ClN3O2/c1-15-4-9-19-16(13-15)3-2-10-25(19)20(26)14-23-11-12-24(21(23)27)18-7-5-17(22)6-8-18/h4-9,13H,2-3,10-12,14H2,1H3. The van der Waals surface area contributed by atoms with Crippen molar-refractivity contribution in [1.82, 2.24) is 4.90 Å². The summed E-state index contributed by atoms with van der Waals surface area (Å²) < 4.78 is 0. The molecule has 2 aliphatic rings. The minimum Gasteiger partial charge on any atom is -0.313 e. The van der Waals surface area contributed by atoms with Gasteiger partial charge in [-0.15, -0.1) is 0 Å². The minimum atomic E-state index is -0.133. The monoisotopic (exact) mass is 383 g/mol. The van der Waals surface area contributed by atoms with Gasteiger partial charge in [0.2, 0.25) is 5.91 Å². The van der Waals surface area contributed by atoms with Crippen molar-refractivity contribution in [3.05, 3.63) is 58.6 Å². The number of amides is 3. The molecule has 2 aromatic rings. The SMILES string of the molecule is Cc1ccc2c(c1)CCCN2C(=O)CN1CCN(c2ccc(Cl)cc2)C1=O. The number of hydrogen-bond acceptors (Lipinski definition) is 2. The molecule has 3 amide bonds. The molecule has 0 radical (unpaired) electrons. The highest BCUT2D eigenvalue weighted by Crippen LogP contribution is 2.29. The first-order valence-electron chi connectivity index (χ1n) is 9.25. The van der Waals surface area contributed by atoms with Crippen LogP contribution >= 0.6 is 11.6 Å². The predicted molar refractivity (Wildman–Crippen MR) is 108 cm³/mol. The summed E-state index contributed by atoms with van der Waals surface area (Å²) in [4.78, 5) is 30.8. The van der Waals surface area contributed by atoms with Crippen molar-refractivity contribution in [2.75, 3.05) is 36.0 Å². The van der Waals surface area contributed by atoms with Crippen molar-refractivity contribution in [2.24, 2.45) is 0 Å². The second-order valence-electron chi connectivity index (χ2n) is 7.11. The number of hydrogen-bond donors (Lipinski definition) is 0. The van der Waals surface area contributed by atoms with Crippen molar-refractivity contribution < 1.29 is 9.59 Å².